The zero-order chi connectivity index (χ0) is 13.8. The largest absolute Gasteiger partial charge is 0.329 e. The number of hydrogen-bond donors (Lipinski definition) is 1. The van der Waals surface area contributed by atoms with Gasteiger partial charge in [-0.15, -0.1) is 0 Å². The minimum atomic E-state index is -0.219. The summed E-state index contributed by atoms with van der Waals surface area (Å²) in [4.78, 5) is 2.45. The van der Waals surface area contributed by atoms with Crippen LogP contribution in [0.1, 0.15) is 37.8 Å². The van der Waals surface area contributed by atoms with E-state index in [-0.39, 0.29) is 11.9 Å². The Labute approximate surface area is 123 Å². The number of halogens is 2. The van der Waals surface area contributed by atoms with Crippen LogP contribution >= 0.6 is 15.9 Å². The molecule has 0 amide bonds. The molecule has 1 aliphatic heterocycles. The van der Waals surface area contributed by atoms with Crippen molar-refractivity contribution in [2.75, 3.05) is 19.6 Å². The molecule has 0 bridgehead atoms. The maximum atomic E-state index is 13.3. The molecule has 4 heteroatoms. The van der Waals surface area contributed by atoms with Gasteiger partial charge < -0.3 is 5.73 Å². The van der Waals surface area contributed by atoms with Crippen molar-refractivity contribution in [3.8, 4) is 0 Å². The van der Waals surface area contributed by atoms with E-state index in [9.17, 15) is 4.39 Å². The third-order valence-corrected chi connectivity index (χ3v) is 4.65. The van der Waals surface area contributed by atoms with Crippen molar-refractivity contribution < 1.29 is 4.39 Å². The van der Waals surface area contributed by atoms with Gasteiger partial charge in [-0.25, -0.2) is 4.39 Å². The molecular weight excluding hydrogens is 307 g/mol. The molecule has 0 aliphatic carbocycles. The highest BCUT2D eigenvalue weighted by Crippen LogP contribution is 2.28. The van der Waals surface area contributed by atoms with E-state index >= 15 is 0 Å². The molecule has 1 aliphatic rings. The van der Waals surface area contributed by atoms with E-state index in [4.69, 9.17) is 5.73 Å². The van der Waals surface area contributed by atoms with Crippen LogP contribution in [0.4, 0.5) is 4.39 Å². The van der Waals surface area contributed by atoms with E-state index in [0.29, 0.717) is 11.0 Å². The van der Waals surface area contributed by atoms with Crippen molar-refractivity contribution in [3.63, 3.8) is 0 Å². The van der Waals surface area contributed by atoms with E-state index < -0.39 is 0 Å². The van der Waals surface area contributed by atoms with E-state index in [0.717, 1.165) is 24.6 Å². The Kier molecular flexibility index (Phi) is 5.37. The highest BCUT2D eigenvalue weighted by atomic mass is 79.9. The summed E-state index contributed by atoms with van der Waals surface area (Å²) in [5.74, 6) is 0.576. The number of nitrogens with zero attached hydrogens (tertiary/aromatic N) is 1. The molecule has 1 saturated heterocycles. The summed E-state index contributed by atoms with van der Waals surface area (Å²) in [6.07, 6.45) is 3.74. The summed E-state index contributed by atoms with van der Waals surface area (Å²) < 4.78 is 13.9. The molecule has 0 aromatic heterocycles. The lowest BCUT2D eigenvalue weighted by atomic mass is 10.0. The monoisotopic (exact) mass is 328 g/mol. The predicted octanol–water partition coefficient (Wildman–Crippen LogP) is 3.71. The molecule has 1 aromatic rings. The van der Waals surface area contributed by atoms with Gasteiger partial charge in [-0.3, -0.25) is 4.90 Å². The number of hydrogen-bond acceptors (Lipinski definition) is 2. The van der Waals surface area contributed by atoms with Crippen molar-refractivity contribution in [2.45, 2.75) is 32.2 Å². The topological polar surface area (TPSA) is 29.3 Å². The third-order valence-electron chi connectivity index (χ3n) is 4.04. The van der Waals surface area contributed by atoms with E-state index in [2.05, 4.69) is 27.8 Å². The van der Waals surface area contributed by atoms with Crippen LogP contribution in [0.25, 0.3) is 0 Å². The molecule has 2 nitrogen and oxygen atoms in total. The maximum absolute atomic E-state index is 13.3. The SMILES string of the molecule is CC1CCCN(C(CN)c2ccc(F)c(Br)c2)CC1. The molecule has 2 N–H and O–H groups in total. The average Bonchev–Trinajstić information content (AvgIpc) is 2.60. The van der Waals surface area contributed by atoms with Crippen LogP contribution in [0.5, 0.6) is 0 Å². The van der Waals surface area contributed by atoms with Crippen LogP contribution in [-0.4, -0.2) is 24.5 Å². The molecule has 1 heterocycles. The zero-order valence-electron chi connectivity index (χ0n) is 11.4. The molecule has 0 spiro atoms. The van der Waals surface area contributed by atoms with Gasteiger partial charge in [0.15, 0.2) is 0 Å². The lowest BCUT2D eigenvalue weighted by molar-refractivity contribution is 0.207. The second kappa shape index (κ2) is 6.82. The standard InChI is InChI=1S/C15H22BrFN2/c1-11-3-2-7-19(8-6-11)15(10-18)12-4-5-14(17)13(16)9-12/h4-5,9,11,15H,2-3,6-8,10,18H2,1H3. The first kappa shape index (κ1) is 14.9. The fourth-order valence-corrected chi connectivity index (χ4v) is 3.21. The molecule has 106 valence electrons. The lowest BCUT2D eigenvalue weighted by Crippen LogP contribution is -2.34. The minimum Gasteiger partial charge on any atom is -0.329 e. The van der Waals surface area contributed by atoms with Gasteiger partial charge in [0.2, 0.25) is 0 Å². The van der Waals surface area contributed by atoms with Crippen LogP contribution < -0.4 is 5.73 Å². The van der Waals surface area contributed by atoms with E-state index in [1.807, 2.05) is 12.1 Å². The van der Waals surface area contributed by atoms with Gasteiger partial charge in [0.1, 0.15) is 5.82 Å². The summed E-state index contributed by atoms with van der Waals surface area (Å²) >= 11 is 3.26. The molecule has 0 saturated carbocycles. The highest BCUT2D eigenvalue weighted by molar-refractivity contribution is 9.10. The Morgan fingerprint density at radius 2 is 2.21 bits per heavy atom. The molecule has 1 fully saturated rings. The Morgan fingerprint density at radius 1 is 1.42 bits per heavy atom. The Morgan fingerprint density at radius 3 is 2.89 bits per heavy atom. The van der Waals surface area contributed by atoms with Crippen molar-refractivity contribution in [1.82, 2.24) is 4.90 Å². The van der Waals surface area contributed by atoms with Crippen LogP contribution in [0.15, 0.2) is 22.7 Å². The highest BCUT2D eigenvalue weighted by Gasteiger charge is 2.22. The second-order valence-corrected chi connectivity index (χ2v) is 6.35. The fourth-order valence-electron chi connectivity index (χ4n) is 2.81. The first-order valence-electron chi connectivity index (χ1n) is 7.01. The van der Waals surface area contributed by atoms with Crippen LogP contribution in [0, 0.1) is 11.7 Å². The minimum absolute atomic E-state index is 0.196. The molecule has 19 heavy (non-hydrogen) atoms. The van der Waals surface area contributed by atoms with Crippen molar-refractivity contribution in [1.29, 1.82) is 0 Å². The van der Waals surface area contributed by atoms with Crippen LogP contribution in [-0.2, 0) is 0 Å². The van der Waals surface area contributed by atoms with E-state index in [1.54, 1.807) is 0 Å². The predicted molar refractivity (Wildman–Crippen MR) is 80.5 cm³/mol. The van der Waals surface area contributed by atoms with Gasteiger partial charge in [0.25, 0.3) is 0 Å². The average molecular weight is 329 g/mol. The summed E-state index contributed by atoms with van der Waals surface area (Å²) in [6.45, 7) is 5.06. The maximum Gasteiger partial charge on any atom is 0.137 e. The van der Waals surface area contributed by atoms with Crippen molar-refractivity contribution in [2.24, 2.45) is 11.7 Å². The third kappa shape index (κ3) is 3.77. The normalized spacial score (nSPS) is 23.1. The Bertz CT molecular complexity index is 425. The molecule has 2 rings (SSSR count). The van der Waals surface area contributed by atoms with E-state index in [1.165, 1.54) is 25.3 Å². The number of rotatable bonds is 3. The van der Waals surface area contributed by atoms with Crippen molar-refractivity contribution >= 4 is 15.9 Å². The second-order valence-electron chi connectivity index (χ2n) is 5.50. The van der Waals surface area contributed by atoms with Crippen molar-refractivity contribution in [3.05, 3.63) is 34.1 Å². The first-order valence-corrected chi connectivity index (χ1v) is 7.80. The quantitative estimate of drug-likeness (QED) is 0.916. The molecule has 1 aromatic carbocycles. The summed E-state index contributed by atoms with van der Waals surface area (Å²) in [5, 5.41) is 0. The molecule has 0 radical (unpaired) electrons. The molecule has 2 unspecified atom stereocenters. The first-order chi connectivity index (χ1) is 9.11. The zero-order valence-corrected chi connectivity index (χ0v) is 13.0. The Hall–Kier alpha value is -0.450. The van der Waals surface area contributed by atoms with Gasteiger partial charge in [0.05, 0.1) is 4.47 Å². The number of likely N-dealkylation sites (tertiary alicyclic amines) is 1. The molecular formula is C15H22BrFN2. The lowest BCUT2D eigenvalue weighted by Gasteiger charge is -2.30. The summed E-state index contributed by atoms with van der Waals surface area (Å²) in [7, 11) is 0. The molecule has 2 atom stereocenters. The summed E-state index contributed by atoms with van der Waals surface area (Å²) in [5.41, 5.74) is 7.06. The van der Waals surface area contributed by atoms with Crippen LogP contribution in [0.3, 0.4) is 0 Å². The fraction of sp³-hybridized carbons (Fsp3) is 0.600. The van der Waals surface area contributed by atoms with Gasteiger partial charge in [-0.1, -0.05) is 13.0 Å². The summed E-state index contributed by atoms with van der Waals surface area (Å²) in [6, 6.07) is 5.43. The van der Waals surface area contributed by atoms with Crippen LogP contribution in [0.2, 0.25) is 0 Å². The number of nitrogens with two attached hydrogens (primary N) is 1. The van der Waals surface area contributed by atoms with Gasteiger partial charge in [0, 0.05) is 12.6 Å². The smallest absolute Gasteiger partial charge is 0.137 e. The van der Waals surface area contributed by atoms with Gasteiger partial charge in [-0.2, -0.15) is 0 Å². The van der Waals surface area contributed by atoms with Gasteiger partial charge >= 0.3 is 0 Å². The number of benzene rings is 1. The Balaban J connectivity index is 2.16. The van der Waals surface area contributed by atoms with Gasteiger partial charge in [-0.05, 0) is 71.9 Å².